The van der Waals surface area contributed by atoms with Crippen LogP contribution in [0.25, 0.3) is 0 Å². The number of carbonyl (C=O) groups excluding carboxylic acids is 3. The molecule has 27 heteroatoms. The molecule has 3 saturated heterocycles. The topological polar surface area (TPSA) is 290 Å². The number of aldehydes is 1. The molecule has 6 atom stereocenters. The fourth-order valence-electron chi connectivity index (χ4n) is 13.0. The van der Waals surface area contributed by atoms with E-state index in [9.17, 15) is 48.1 Å². The van der Waals surface area contributed by atoms with Gasteiger partial charge in [0.2, 0.25) is 5.91 Å². The van der Waals surface area contributed by atoms with E-state index in [1.807, 2.05) is 104 Å². The molecule has 0 unspecified atom stereocenters. The van der Waals surface area contributed by atoms with Gasteiger partial charge in [0.25, 0.3) is 0 Å². The van der Waals surface area contributed by atoms with Crippen molar-refractivity contribution >= 4 is 53.9 Å². The van der Waals surface area contributed by atoms with Gasteiger partial charge in [0, 0.05) is 101 Å². The molecule has 9 rings (SSSR count). The number of carbonyl (C=O) groups is 3. The molecule has 6 aromatic rings. The molecule has 3 fully saturated rings. The molecule has 4 aromatic carbocycles. The molecule has 20 nitrogen and oxygen atoms in total. The van der Waals surface area contributed by atoms with Crippen LogP contribution in [0.4, 0.5) is 18.0 Å². The number of nitrogens with two attached hydrogens (primary N) is 1. The van der Waals surface area contributed by atoms with Gasteiger partial charge >= 0.3 is 57.5 Å². The minimum absolute atomic E-state index is 0. The number of primary amides is 1. The van der Waals surface area contributed by atoms with E-state index in [1.54, 1.807) is 92.7 Å². The summed E-state index contributed by atoms with van der Waals surface area (Å²) in [7, 11) is 11.9. The number of benzene rings is 4. The molecule has 3 aliphatic rings. The van der Waals surface area contributed by atoms with Gasteiger partial charge in [0.15, 0.2) is 0 Å². The zero-order valence-electron chi connectivity index (χ0n) is 64.6. The molecule has 2 amide bonds. The number of pyridine rings is 2. The second kappa shape index (κ2) is 50.5. The number of likely N-dealkylation sites (tertiary alicyclic amines) is 3. The first-order valence-electron chi connectivity index (χ1n) is 35.1. The maximum atomic E-state index is 13.3. The first kappa shape index (κ1) is 102. The summed E-state index contributed by atoms with van der Waals surface area (Å²) in [5.74, 6) is -1.50. The molecule has 5 heterocycles. The third-order valence-corrected chi connectivity index (χ3v) is 17.7. The summed E-state index contributed by atoms with van der Waals surface area (Å²) in [6, 6.07) is 35.2. The smallest absolute Gasteiger partial charge is 0.870 e. The predicted molar refractivity (Wildman–Crippen MR) is 420 cm³/mol. The van der Waals surface area contributed by atoms with Gasteiger partial charge in [0.05, 0.1) is 63.4 Å². The van der Waals surface area contributed by atoms with Crippen LogP contribution in [-0.4, -0.2) is 214 Å². The van der Waals surface area contributed by atoms with E-state index in [1.165, 1.54) is 30.6 Å². The minimum Gasteiger partial charge on any atom is -0.870 e. The molecule has 0 bridgehead atoms. The number of piperidine rings is 3. The normalized spacial score (nSPS) is 19.6. The molecule has 2 aromatic heterocycles. The van der Waals surface area contributed by atoms with E-state index in [-0.39, 0.29) is 123 Å². The number of hydrogen-bond acceptors (Lipinski definition) is 18. The van der Waals surface area contributed by atoms with E-state index >= 15 is 0 Å². The maximum absolute atomic E-state index is 13.3. The molecule has 0 radical (unpaired) electrons. The largest absolute Gasteiger partial charge is 1.00 e. The summed E-state index contributed by atoms with van der Waals surface area (Å²) >= 11 is 9.53. The van der Waals surface area contributed by atoms with Crippen LogP contribution >= 0.6 is 35.6 Å². The first-order valence-corrected chi connectivity index (χ1v) is 36.2. The van der Waals surface area contributed by atoms with Gasteiger partial charge in [-0.1, -0.05) is 56.0 Å². The molecule has 0 saturated carbocycles. The van der Waals surface area contributed by atoms with Crippen molar-refractivity contribution in [3.05, 3.63) is 202 Å². The number of nitriles is 2. The Labute approximate surface area is 698 Å². The Balaban J connectivity index is 0.00000139. The second-order valence-corrected chi connectivity index (χ2v) is 30.4. The predicted octanol–water partition coefficient (Wildman–Crippen LogP) is 9.43. The number of aromatic nitrogens is 2. The monoisotopic (exact) mass is 1590 g/mol. The van der Waals surface area contributed by atoms with Gasteiger partial charge in [-0.15, -0.1) is 35.6 Å². The number of rotatable bonds is 21. The average molecular weight is 1590 g/mol. The Morgan fingerprint density at radius 3 is 1.36 bits per heavy atom. The summed E-state index contributed by atoms with van der Waals surface area (Å²) in [4.78, 5) is 54.4. The molecule has 0 aliphatic carbocycles. The van der Waals surface area contributed by atoms with Gasteiger partial charge in [-0.2, -0.15) is 10.5 Å². The Hall–Kier alpha value is -5.53. The summed E-state index contributed by atoms with van der Waals surface area (Å²) < 4.78 is 44.6. The Kier molecular flexibility index (Phi) is 47.9. The van der Waals surface area contributed by atoms with Crippen LogP contribution < -0.4 is 57.1 Å². The maximum Gasteiger partial charge on any atom is 1.00 e. The van der Waals surface area contributed by atoms with E-state index in [0.29, 0.717) is 68.4 Å². The zero-order chi connectivity index (χ0) is 77.4. The van der Waals surface area contributed by atoms with Crippen molar-refractivity contribution in [3.63, 3.8) is 0 Å². The minimum atomic E-state index is -1.09. The Morgan fingerprint density at radius 1 is 0.611 bits per heavy atom. The molecule has 108 heavy (non-hydrogen) atoms. The van der Waals surface area contributed by atoms with Crippen molar-refractivity contribution < 1.29 is 110 Å². The van der Waals surface area contributed by atoms with E-state index in [0.717, 1.165) is 118 Å². The van der Waals surface area contributed by atoms with Crippen LogP contribution in [0.5, 0.6) is 0 Å². The van der Waals surface area contributed by atoms with E-state index < -0.39 is 33.9 Å². The SMILES string of the molecule is C.CC(C)(C)O.CN(C)C[C@H]1CN(C(=O)OC(C)(C)C)CC[C@]1(O)c1cccc(C#N)c1.CN(C)C[C@H]1CN(CCCc2cncc(F)c2)CC[C@]1(O)c1cccc(C#N)c1.CN(C)C[C@H]1CN(CCCc2cncc(F)c2)CC[C@]1(O)c1cccc(C(N)=O)c1.Cl.ClCCl.O=CCCc1cccc(F)c1.[K+].[OH-]. The fraction of sp³-hybridized carbons (Fsp3) is 0.519. The van der Waals surface area contributed by atoms with Gasteiger partial charge in [-0.05, 0) is 242 Å². The van der Waals surface area contributed by atoms with Crippen LogP contribution in [0.1, 0.15) is 142 Å². The number of aliphatic hydroxyl groups is 4. The average Bonchev–Trinajstić information content (AvgIpc) is 0.785. The molecule has 592 valence electrons. The van der Waals surface area contributed by atoms with Crippen LogP contribution in [0.15, 0.2) is 134 Å². The van der Waals surface area contributed by atoms with Crippen LogP contribution in [0.3, 0.4) is 0 Å². The first-order chi connectivity index (χ1) is 49.0. The van der Waals surface area contributed by atoms with Crippen LogP contribution in [-0.2, 0) is 45.6 Å². The molecule has 7 N–H and O–H groups in total. The molecular formula is C81H116Cl3F3KN11O9. The van der Waals surface area contributed by atoms with Crippen LogP contribution in [0.2, 0.25) is 0 Å². The zero-order valence-corrected chi connectivity index (χ0v) is 70.0. The number of hydrogen-bond donors (Lipinski definition) is 5. The van der Waals surface area contributed by atoms with Gasteiger partial charge in [0.1, 0.15) is 29.3 Å². The van der Waals surface area contributed by atoms with Crippen molar-refractivity contribution in [2.24, 2.45) is 23.5 Å². The number of aryl methyl sites for hydroxylation is 3. The van der Waals surface area contributed by atoms with Crippen molar-refractivity contribution in [2.75, 3.05) is 120 Å². The standard InChI is InChI=1S/C23H31FN4O2.C23H29FN4O.C20H29N3O3.C9H9FO.C4H10O.CH2Cl2.CH4.ClH.K.H2O/c1-27(2)15-20-16-28(9-4-5-17-11-21(24)14-26-13-17)10-8-23(20,30)19-7-3-6-18(12-19)22(25)29;1-27(2)16-21-17-28(9-4-6-19-12-22(24)15-26-14-19)10-8-23(21,29)20-7-3-5-18(11-20)13-25;1-19(2,3)26-18(24)23-10-9-20(25,17(14-23)13-22(4)5)16-8-6-7-15(11-16)12-21;10-9-5-1-3-8(7-9)4-2-6-11;1-4(2,3)5;2-1-3;;;;/h3,6-7,11-14,20,30H,4-5,8-10,15-16H2,1-2H3,(H2,25,29);3,5,7,11-12,14-15,21,29H,4,6,8-10,16-17H2,1-2H3;6-8,11,17,25H,9-10,13-14H2,1-5H3;1,3,5-7H,2,4H2;5H,1-3H3;1H2;1H4;1H;;1H2/q;;;;;;;;+1;/p-1/t20-,23-;21-,23-;17-,20-;;;;;;;/m000......./s1. The number of ether oxygens (including phenoxy) is 1. The van der Waals surface area contributed by atoms with Gasteiger partial charge in [-0.25, -0.2) is 18.0 Å². The summed E-state index contributed by atoms with van der Waals surface area (Å²) in [6.45, 7) is 18.5. The molecule has 0 spiro atoms. The third-order valence-electron chi connectivity index (χ3n) is 17.7. The van der Waals surface area contributed by atoms with Crippen LogP contribution in [0, 0.1) is 57.9 Å². The quantitative estimate of drug-likeness (QED) is 0.0255. The number of halogens is 6. The van der Waals surface area contributed by atoms with Crippen molar-refractivity contribution in [1.29, 1.82) is 10.5 Å². The summed E-state index contributed by atoms with van der Waals surface area (Å²) in [5.41, 5.74) is 7.84. The van der Waals surface area contributed by atoms with Crippen molar-refractivity contribution in [1.82, 2.24) is 39.4 Å². The number of nitrogens with zero attached hydrogens (tertiary/aromatic N) is 10. The summed E-state index contributed by atoms with van der Waals surface area (Å²) in [5, 5.41) is 61.9. The van der Waals surface area contributed by atoms with Crippen molar-refractivity contribution in [2.45, 2.75) is 135 Å². The van der Waals surface area contributed by atoms with E-state index in [4.69, 9.17) is 44.0 Å². The summed E-state index contributed by atoms with van der Waals surface area (Å²) in [6.07, 6.45) is 12.4. The van der Waals surface area contributed by atoms with Gasteiger partial charge in [-0.3, -0.25) is 14.8 Å². The fourth-order valence-corrected chi connectivity index (χ4v) is 13.0. The van der Waals surface area contributed by atoms with Crippen molar-refractivity contribution in [3.8, 4) is 12.1 Å². The second-order valence-electron chi connectivity index (χ2n) is 29.6. The third kappa shape index (κ3) is 36.3. The number of alkyl halides is 2. The Bertz CT molecular complexity index is 3710. The van der Waals surface area contributed by atoms with E-state index in [2.05, 4.69) is 41.7 Å². The number of amides is 2. The molecule has 3 aliphatic heterocycles. The molecular weight excluding hydrogens is 1470 g/mol. The Morgan fingerprint density at radius 2 is 0.991 bits per heavy atom. The van der Waals surface area contributed by atoms with Gasteiger partial charge < -0.3 is 70.6 Å².